The van der Waals surface area contributed by atoms with Gasteiger partial charge in [-0.3, -0.25) is 0 Å². The molecular formula is C15H12ClF3N2O2. The van der Waals surface area contributed by atoms with Gasteiger partial charge in [0.1, 0.15) is 5.75 Å². The number of alkyl halides is 3. The number of urea groups is 1. The van der Waals surface area contributed by atoms with Crippen LogP contribution >= 0.6 is 11.6 Å². The van der Waals surface area contributed by atoms with E-state index in [0.29, 0.717) is 10.7 Å². The van der Waals surface area contributed by atoms with Crippen LogP contribution in [0.2, 0.25) is 5.02 Å². The van der Waals surface area contributed by atoms with Crippen LogP contribution in [0.3, 0.4) is 0 Å². The van der Waals surface area contributed by atoms with Crippen molar-refractivity contribution in [2.24, 2.45) is 0 Å². The summed E-state index contributed by atoms with van der Waals surface area (Å²) < 4.78 is 43.2. The van der Waals surface area contributed by atoms with E-state index in [1.807, 2.05) is 0 Å². The van der Waals surface area contributed by atoms with Gasteiger partial charge in [0.25, 0.3) is 0 Å². The van der Waals surface area contributed by atoms with Crippen molar-refractivity contribution in [3.63, 3.8) is 0 Å². The molecule has 0 saturated carbocycles. The molecule has 23 heavy (non-hydrogen) atoms. The first-order valence-electron chi connectivity index (χ1n) is 6.38. The Bertz CT molecular complexity index is 720. The smallest absolute Gasteiger partial charge is 0.416 e. The van der Waals surface area contributed by atoms with Crippen LogP contribution in [0, 0.1) is 0 Å². The SMILES string of the molecule is COc1ccc(C(F)(F)F)cc1NC(=O)Nc1cccc(Cl)c1. The van der Waals surface area contributed by atoms with Crippen molar-refractivity contribution in [1.29, 1.82) is 0 Å². The zero-order chi connectivity index (χ0) is 17.0. The highest BCUT2D eigenvalue weighted by molar-refractivity contribution is 6.30. The standard InChI is InChI=1S/C15H12ClF3N2O2/c1-23-13-6-5-9(15(17,18)19)7-12(13)21-14(22)20-11-4-2-3-10(16)8-11/h2-8H,1H3,(H2,20,21,22). The molecule has 0 atom stereocenters. The number of amides is 2. The molecule has 0 aliphatic heterocycles. The molecule has 0 fully saturated rings. The fraction of sp³-hybridized carbons (Fsp3) is 0.133. The number of anilines is 2. The third-order valence-electron chi connectivity index (χ3n) is 2.86. The highest BCUT2D eigenvalue weighted by Gasteiger charge is 2.31. The lowest BCUT2D eigenvalue weighted by molar-refractivity contribution is -0.137. The summed E-state index contributed by atoms with van der Waals surface area (Å²) in [4.78, 5) is 11.9. The first-order valence-corrected chi connectivity index (χ1v) is 6.76. The predicted octanol–water partition coefficient (Wildman–Crippen LogP) is 5.01. The molecule has 0 aromatic heterocycles. The number of rotatable bonds is 3. The molecule has 2 amide bonds. The number of hydrogen-bond donors (Lipinski definition) is 2. The van der Waals surface area contributed by atoms with Gasteiger partial charge in [-0.1, -0.05) is 17.7 Å². The Morgan fingerprint density at radius 2 is 1.87 bits per heavy atom. The number of carbonyl (C=O) groups is 1. The summed E-state index contributed by atoms with van der Waals surface area (Å²) >= 11 is 5.79. The molecule has 0 aliphatic carbocycles. The van der Waals surface area contributed by atoms with Gasteiger partial charge >= 0.3 is 12.2 Å². The van der Waals surface area contributed by atoms with Gasteiger partial charge in [-0.25, -0.2) is 4.79 Å². The number of carbonyl (C=O) groups excluding carboxylic acids is 1. The van der Waals surface area contributed by atoms with Crippen molar-refractivity contribution in [3.05, 3.63) is 53.1 Å². The molecule has 0 radical (unpaired) electrons. The number of methoxy groups -OCH3 is 1. The van der Waals surface area contributed by atoms with Gasteiger partial charge in [0.15, 0.2) is 0 Å². The van der Waals surface area contributed by atoms with Gasteiger partial charge in [0, 0.05) is 10.7 Å². The summed E-state index contributed by atoms with van der Waals surface area (Å²) in [7, 11) is 1.29. The van der Waals surface area contributed by atoms with Crippen LogP contribution in [0.25, 0.3) is 0 Å². The van der Waals surface area contributed by atoms with E-state index in [1.54, 1.807) is 18.2 Å². The first kappa shape index (κ1) is 17.0. The van der Waals surface area contributed by atoms with Crippen molar-refractivity contribution >= 4 is 29.0 Å². The first-order chi connectivity index (χ1) is 10.8. The molecule has 2 rings (SSSR count). The Kier molecular flexibility index (Phi) is 5.00. The fourth-order valence-electron chi connectivity index (χ4n) is 1.83. The van der Waals surface area contributed by atoms with E-state index < -0.39 is 17.8 Å². The van der Waals surface area contributed by atoms with Crippen LogP contribution < -0.4 is 15.4 Å². The molecule has 0 unspecified atom stereocenters. The molecular weight excluding hydrogens is 333 g/mol. The quantitative estimate of drug-likeness (QED) is 0.822. The Morgan fingerprint density at radius 3 is 2.48 bits per heavy atom. The highest BCUT2D eigenvalue weighted by atomic mass is 35.5. The Balaban J connectivity index is 2.19. The van der Waals surface area contributed by atoms with Gasteiger partial charge in [0.05, 0.1) is 18.4 Å². The monoisotopic (exact) mass is 344 g/mol. The van der Waals surface area contributed by atoms with E-state index in [1.165, 1.54) is 13.2 Å². The summed E-state index contributed by atoms with van der Waals surface area (Å²) in [5.41, 5.74) is -0.584. The summed E-state index contributed by atoms with van der Waals surface area (Å²) in [6.07, 6.45) is -4.52. The Labute approximate surface area is 135 Å². The van der Waals surface area contributed by atoms with Crippen LogP contribution in [-0.2, 0) is 6.18 Å². The number of ether oxygens (including phenoxy) is 1. The molecule has 8 heteroatoms. The van der Waals surface area contributed by atoms with E-state index in [0.717, 1.165) is 18.2 Å². The molecule has 2 N–H and O–H groups in total. The van der Waals surface area contributed by atoms with Gasteiger partial charge in [0.2, 0.25) is 0 Å². The Hall–Kier alpha value is -2.41. The van der Waals surface area contributed by atoms with Gasteiger partial charge < -0.3 is 15.4 Å². The maximum atomic E-state index is 12.7. The molecule has 2 aromatic carbocycles. The lowest BCUT2D eigenvalue weighted by Gasteiger charge is -2.14. The van der Waals surface area contributed by atoms with Crippen LogP contribution in [0.15, 0.2) is 42.5 Å². The number of halogens is 4. The molecule has 0 aliphatic rings. The number of hydrogen-bond acceptors (Lipinski definition) is 2. The normalized spacial score (nSPS) is 11.0. The maximum Gasteiger partial charge on any atom is 0.416 e. The Morgan fingerprint density at radius 1 is 1.13 bits per heavy atom. The minimum atomic E-state index is -4.52. The number of nitrogens with one attached hydrogen (secondary N) is 2. The van der Waals surface area contributed by atoms with Crippen molar-refractivity contribution in [2.75, 3.05) is 17.7 Å². The van der Waals surface area contributed by atoms with E-state index >= 15 is 0 Å². The molecule has 4 nitrogen and oxygen atoms in total. The van der Waals surface area contributed by atoms with E-state index in [4.69, 9.17) is 16.3 Å². The highest BCUT2D eigenvalue weighted by Crippen LogP contribution is 2.35. The van der Waals surface area contributed by atoms with E-state index in [9.17, 15) is 18.0 Å². The second kappa shape index (κ2) is 6.78. The van der Waals surface area contributed by atoms with Crippen molar-refractivity contribution < 1.29 is 22.7 Å². The molecule has 0 bridgehead atoms. The van der Waals surface area contributed by atoms with Crippen molar-refractivity contribution in [1.82, 2.24) is 0 Å². The molecule has 0 saturated heterocycles. The second-order valence-corrected chi connectivity index (χ2v) is 4.94. The van der Waals surface area contributed by atoms with Gasteiger partial charge in [-0.2, -0.15) is 13.2 Å². The van der Waals surface area contributed by atoms with Gasteiger partial charge in [-0.05, 0) is 36.4 Å². The van der Waals surface area contributed by atoms with Crippen molar-refractivity contribution in [2.45, 2.75) is 6.18 Å². The summed E-state index contributed by atoms with van der Waals surface area (Å²) in [6, 6.07) is 8.44. The number of benzene rings is 2. The van der Waals surface area contributed by atoms with Crippen LogP contribution in [0.1, 0.15) is 5.56 Å². The zero-order valence-electron chi connectivity index (χ0n) is 11.9. The predicted molar refractivity (Wildman–Crippen MR) is 82.1 cm³/mol. The van der Waals surface area contributed by atoms with Crippen molar-refractivity contribution in [3.8, 4) is 5.75 Å². The summed E-state index contributed by atoms with van der Waals surface area (Å²) in [6.45, 7) is 0. The molecule has 0 spiro atoms. The van der Waals surface area contributed by atoms with Crippen LogP contribution in [-0.4, -0.2) is 13.1 Å². The minimum Gasteiger partial charge on any atom is -0.495 e. The largest absolute Gasteiger partial charge is 0.495 e. The molecule has 122 valence electrons. The van der Waals surface area contributed by atoms with Gasteiger partial charge in [-0.15, -0.1) is 0 Å². The summed E-state index contributed by atoms with van der Waals surface area (Å²) in [5, 5.41) is 5.21. The topological polar surface area (TPSA) is 50.4 Å². The third-order valence-corrected chi connectivity index (χ3v) is 3.09. The maximum absolute atomic E-state index is 12.7. The zero-order valence-corrected chi connectivity index (χ0v) is 12.6. The van der Waals surface area contributed by atoms with E-state index in [2.05, 4.69) is 10.6 Å². The fourth-order valence-corrected chi connectivity index (χ4v) is 2.02. The minimum absolute atomic E-state index is 0.0955. The molecule has 0 heterocycles. The average Bonchev–Trinajstić information content (AvgIpc) is 2.46. The van der Waals surface area contributed by atoms with Crippen LogP contribution in [0.5, 0.6) is 5.75 Å². The lowest BCUT2D eigenvalue weighted by atomic mass is 10.2. The third kappa shape index (κ3) is 4.53. The average molecular weight is 345 g/mol. The van der Waals surface area contributed by atoms with Crippen LogP contribution in [0.4, 0.5) is 29.3 Å². The molecule has 2 aromatic rings. The van der Waals surface area contributed by atoms with E-state index in [-0.39, 0.29) is 11.4 Å². The lowest BCUT2D eigenvalue weighted by Crippen LogP contribution is -2.20. The second-order valence-electron chi connectivity index (χ2n) is 4.50. The summed E-state index contributed by atoms with van der Waals surface area (Å²) in [5.74, 6) is 0.110.